The summed E-state index contributed by atoms with van der Waals surface area (Å²) in [7, 11) is 0. The Balaban J connectivity index is 2.14. The minimum atomic E-state index is -1.22. The lowest BCUT2D eigenvalue weighted by Crippen LogP contribution is -2.29. The number of carbonyl (C=O) groups excluding carboxylic acids is 1. The van der Waals surface area contributed by atoms with Gasteiger partial charge in [-0.2, -0.15) is 0 Å². The molecule has 1 N–H and O–H groups in total. The molecular formula is C15H20BrNO3. The van der Waals surface area contributed by atoms with Crippen LogP contribution in [0.15, 0.2) is 22.7 Å². The molecule has 1 aliphatic heterocycles. The van der Waals surface area contributed by atoms with Crippen LogP contribution in [-0.2, 0) is 9.53 Å². The molecule has 0 amide bonds. The van der Waals surface area contributed by atoms with Gasteiger partial charge in [0.1, 0.15) is 0 Å². The van der Waals surface area contributed by atoms with Gasteiger partial charge in [0.15, 0.2) is 6.10 Å². The maximum atomic E-state index is 11.5. The summed E-state index contributed by atoms with van der Waals surface area (Å²) in [6.45, 7) is 4.10. The van der Waals surface area contributed by atoms with Crippen LogP contribution in [0.2, 0.25) is 0 Å². The van der Waals surface area contributed by atoms with Gasteiger partial charge in [0.05, 0.1) is 12.3 Å². The molecule has 1 aromatic rings. The van der Waals surface area contributed by atoms with Crippen molar-refractivity contribution in [3.63, 3.8) is 0 Å². The molecule has 1 heterocycles. The molecule has 0 saturated carbocycles. The number of nitrogens with zero attached hydrogens (tertiary/aromatic N) is 1. The summed E-state index contributed by atoms with van der Waals surface area (Å²) < 4.78 is 5.73. The second-order valence-electron chi connectivity index (χ2n) is 4.91. The van der Waals surface area contributed by atoms with E-state index in [-0.39, 0.29) is 6.61 Å². The summed E-state index contributed by atoms with van der Waals surface area (Å²) in [6, 6.07) is 5.54. The third kappa shape index (κ3) is 3.52. The van der Waals surface area contributed by atoms with E-state index >= 15 is 0 Å². The van der Waals surface area contributed by atoms with Gasteiger partial charge in [-0.05, 0) is 59.8 Å². The number of aliphatic hydroxyl groups is 1. The quantitative estimate of drug-likeness (QED) is 0.855. The number of ether oxygens (including phenoxy) is 1. The zero-order valence-corrected chi connectivity index (χ0v) is 13.2. The van der Waals surface area contributed by atoms with Crippen molar-refractivity contribution in [3.05, 3.63) is 28.2 Å². The van der Waals surface area contributed by atoms with Gasteiger partial charge < -0.3 is 14.7 Å². The maximum absolute atomic E-state index is 11.5. The van der Waals surface area contributed by atoms with E-state index < -0.39 is 12.1 Å². The van der Waals surface area contributed by atoms with E-state index in [0.29, 0.717) is 5.56 Å². The first kappa shape index (κ1) is 15.3. The van der Waals surface area contributed by atoms with E-state index in [9.17, 15) is 9.90 Å². The molecule has 1 unspecified atom stereocenters. The summed E-state index contributed by atoms with van der Waals surface area (Å²) in [5, 5.41) is 9.94. The van der Waals surface area contributed by atoms with E-state index in [2.05, 4.69) is 20.8 Å². The molecule has 5 heteroatoms. The predicted octanol–water partition coefficient (Wildman–Crippen LogP) is 3.04. The van der Waals surface area contributed by atoms with Crippen LogP contribution in [0, 0.1) is 0 Å². The van der Waals surface area contributed by atoms with Gasteiger partial charge in [0, 0.05) is 17.6 Å². The smallest absolute Gasteiger partial charge is 0.339 e. The van der Waals surface area contributed by atoms with Gasteiger partial charge in [-0.25, -0.2) is 4.79 Å². The number of halogens is 1. The zero-order chi connectivity index (χ0) is 14.5. The molecule has 0 bridgehead atoms. The van der Waals surface area contributed by atoms with E-state index in [0.717, 1.165) is 23.2 Å². The number of rotatable bonds is 4. The molecule has 1 saturated heterocycles. The molecule has 1 aromatic carbocycles. The van der Waals surface area contributed by atoms with Crippen molar-refractivity contribution < 1.29 is 14.6 Å². The Hall–Kier alpha value is -1.07. The SMILES string of the molecule is CCOC(=O)C(O)c1ccc(N2CCCCC2)c(Br)c1. The van der Waals surface area contributed by atoms with Gasteiger partial charge in [-0.1, -0.05) is 6.07 Å². The lowest BCUT2D eigenvalue weighted by Gasteiger charge is -2.30. The van der Waals surface area contributed by atoms with Crippen LogP contribution >= 0.6 is 15.9 Å². The highest BCUT2D eigenvalue weighted by atomic mass is 79.9. The normalized spacial score (nSPS) is 16.9. The van der Waals surface area contributed by atoms with Crippen LogP contribution in [0.4, 0.5) is 5.69 Å². The van der Waals surface area contributed by atoms with E-state index in [1.807, 2.05) is 6.07 Å². The van der Waals surface area contributed by atoms with Crippen LogP contribution < -0.4 is 4.90 Å². The first-order valence-corrected chi connectivity index (χ1v) is 7.82. The van der Waals surface area contributed by atoms with Gasteiger partial charge >= 0.3 is 5.97 Å². The number of anilines is 1. The third-order valence-electron chi connectivity index (χ3n) is 3.49. The molecule has 1 fully saturated rings. The van der Waals surface area contributed by atoms with Gasteiger partial charge in [-0.15, -0.1) is 0 Å². The maximum Gasteiger partial charge on any atom is 0.339 e. The van der Waals surface area contributed by atoms with Crippen molar-refractivity contribution in [1.82, 2.24) is 0 Å². The molecule has 0 aromatic heterocycles. The minimum Gasteiger partial charge on any atom is -0.464 e. The summed E-state index contributed by atoms with van der Waals surface area (Å²) in [5.74, 6) is -0.606. The lowest BCUT2D eigenvalue weighted by atomic mass is 10.1. The highest BCUT2D eigenvalue weighted by Crippen LogP contribution is 2.31. The molecule has 2 rings (SSSR count). The van der Waals surface area contributed by atoms with Crippen molar-refractivity contribution in [1.29, 1.82) is 0 Å². The summed E-state index contributed by atoms with van der Waals surface area (Å²) in [5.41, 5.74) is 1.67. The molecule has 4 nitrogen and oxygen atoms in total. The lowest BCUT2D eigenvalue weighted by molar-refractivity contribution is -0.153. The molecule has 0 aliphatic carbocycles. The van der Waals surface area contributed by atoms with Gasteiger partial charge in [-0.3, -0.25) is 0 Å². The molecule has 110 valence electrons. The fourth-order valence-electron chi connectivity index (χ4n) is 2.44. The topological polar surface area (TPSA) is 49.8 Å². The Bertz CT molecular complexity index is 472. The summed E-state index contributed by atoms with van der Waals surface area (Å²) in [6.07, 6.45) is 2.48. The number of hydrogen-bond donors (Lipinski definition) is 1. The van der Waals surface area contributed by atoms with Crippen molar-refractivity contribution in [2.45, 2.75) is 32.3 Å². The molecular weight excluding hydrogens is 322 g/mol. The monoisotopic (exact) mass is 341 g/mol. The number of esters is 1. The average Bonchev–Trinajstić information content (AvgIpc) is 2.47. The number of piperidine rings is 1. The molecule has 1 aliphatic rings. The second-order valence-corrected chi connectivity index (χ2v) is 5.77. The summed E-state index contributed by atoms with van der Waals surface area (Å²) in [4.78, 5) is 13.9. The average molecular weight is 342 g/mol. The molecule has 1 atom stereocenters. The number of aliphatic hydroxyl groups excluding tert-OH is 1. The fraction of sp³-hybridized carbons (Fsp3) is 0.533. The number of benzene rings is 1. The fourth-order valence-corrected chi connectivity index (χ4v) is 3.09. The van der Waals surface area contributed by atoms with Crippen LogP contribution in [0.5, 0.6) is 0 Å². The van der Waals surface area contributed by atoms with Crippen LogP contribution in [-0.4, -0.2) is 30.8 Å². The van der Waals surface area contributed by atoms with Crippen molar-refractivity contribution in [2.24, 2.45) is 0 Å². The predicted molar refractivity (Wildman–Crippen MR) is 81.8 cm³/mol. The minimum absolute atomic E-state index is 0.267. The first-order chi connectivity index (χ1) is 9.63. The number of hydrogen-bond acceptors (Lipinski definition) is 4. The van der Waals surface area contributed by atoms with Crippen molar-refractivity contribution in [2.75, 3.05) is 24.6 Å². The Morgan fingerprint density at radius 3 is 2.70 bits per heavy atom. The van der Waals surface area contributed by atoms with E-state index in [1.54, 1.807) is 19.1 Å². The second kappa shape index (κ2) is 7.09. The van der Waals surface area contributed by atoms with Gasteiger partial charge in [0.2, 0.25) is 0 Å². The highest BCUT2D eigenvalue weighted by molar-refractivity contribution is 9.10. The first-order valence-electron chi connectivity index (χ1n) is 7.02. The Labute approximate surface area is 127 Å². The Kier molecular flexibility index (Phi) is 5.43. The van der Waals surface area contributed by atoms with Crippen molar-refractivity contribution >= 4 is 27.6 Å². The third-order valence-corrected chi connectivity index (χ3v) is 4.13. The zero-order valence-electron chi connectivity index (χ0n) is 11.6. The molecule has 0 spiro atoms. The van der Waals surface area contributed by atoms with Crippen molar-refractivity contribution in [3.8, 4) is 0 Å². The standard InChI is InChI=1S/C15H20BrNO3/c1-2-20-15(19)14(18)11-6-7-13(12(16)10-11)17-8-4-3-5-9-17/h6-7,10,14,18H,2-5,8-9H2,1H3. The Morgan fingerprint density at radius 2 is 2.10 bits per heavy atom. The summed E-state index contributed by atoms with van der Waals surface area (Å²) >= 11 is 3.53. The van der Waals surface area contributed by atoms with E-state index in [1.165, 1.54) is 19.3 Å². The highest BCUT2D eigenvalue weighted by Gasteiger charge is 2.21. The van der Waals surface area contributed by atoms with Crippen LogP contribution in [0.25, 0.3) is 0 Å². The van der Waals surface area contributed by atoms with Gasteiger partial charge in [0.25, 0.3) is 0 Å². The molecule has 0 radical (unpaired) electrons. The molecule has 20 heavy (non-hydrogen) atoms. The van der Waals surface area contributed by atoms with E-state index in [4.69, 9.17) is 4.74 Å². The van der Waals surface area contributed by atoms with Crippen LogP contribution in [0.3, 0.4) is 0 Å². The number of carbonyl (C=O) groups is 1. The van der Waals surface area contributed by atoms with Crippen LogP contribution in [0.1, 0.15) is 37.9 Å². The Morgan fingerprint density at radius 1 is 1.40 bits per heavy atom. The largest absolute Gasteiger partial charge is 0.464 e.